The number of benzene rings is 2. The zero-order valence-corrected chi connectivity index (χ0v) is 16.6. The van der Waals surface area contributed by atoms with E-state index in [4.69, 9.17) is 9.47 Å². The number of hydrogen-bond donors (Lipinski definition) is 2. The van der Waals surface area contributed by atoms with E-state index in [0.717, 1.165) is 7.14 Å². The molecule has 1 heterocycles. The summed E-state index contributed by atoms with van der Waals surface area (Å²) in [5.74, 6) is 0.929. The normalized spacial score (nSPS) is 13.1. The molecule has 6 nitrogen and oxygen atoms in total. The van der Waals surface area contributed by atoms with Crippen LogP contribution in [0.2, 0.25) is 0 Å². The number of carbonyl (C=O) groups is 1. The number of ether oxygens (including phenoxy) is 2. The standard InChI is InChI=1S/C16H12I2N2O4/c17-11-5-10(15(21)12(18)7-11)8-19-20-16(22)9-1-2-13-14(6-9)24-4-3-23-13/h1-2,5-8,21H,3-4H2,(H,20,22). The average Bonchev–Trinajstić information content (AvgIpc) is 2.58. The van der Waals surface area contributed by atoms with Crippen molar-refractivity contribution in [2.75, 3.05) is 13.2 Å². The molecule has 2 N–H and O–H groups in total. The largest absolute Gasteiger partial charge is 0.506 e. The molecular formula is C16H12I2N2O4. The van der Waals surface area contributed by atoms with E-state index in [0.29, 0.717) is 35.8 Å². The summed E-state index contributed by atoms with van der Waals surface area (Å²) in [7, 11) is 0. The monoisotopic (exact) mass is 550 g/mol. The van der Waals surface area contributed by atoms with E-state index in [9.17, 15) is 9.90 Å². The van der Waals surface area contributed by atoms with Crippen LogP contribution in [0.15, 0.2) is 35.4 Å². The van der Waals surface area contributed by atoms with Crippen LogP contribution in [0.4, 0.5) is 0 Å². The number of nitrogens with one attached hydrogen (secondary N) is 1. The van der Waals surface area contributed by atoms with Gasteiger partial charge in [-0.15, -0.1) is 0 Å². The lowest BCUT2D eigenvalue weighted by Crippen LogP contribution is -2.19. The number of phenolic OH excluding ortho intramolecular Hbond substituents is 1. The fourth-order valence-corrected chi connectivity index (χ4v) is 3.98. The predicted octanol–water partition coefficient (Wildman–Crippen LogP) is 3.14. The molecule has 0 saturated heterocycles. The quantitative estimate of drug-likeness (QED) is 0.350. The Morgan fingerprint density at radius 3 is 2.71 bits per heavy atom. The number of amides is 1. The first-order valence-corrected chi connectivity index (χ1v) is 9.11. The predicted molar refractivity (Wildman–Crippen MR) is 106 cm³/mol. The molecule has 0 fully saturated rings. The summed E-state index contributed by atoms with van der Waals surface area (Å²) < 4.78 is 12.6. The summed E-state index contributed by atoms with van der Waals surface area (Å²) in [4.78, 5) is 12.2. The molecule has 124 valence electrons. The van der Waals surface area contributed by atoms with Gasteiger partial charge in [0.15, 0.2) is 11.5 Å². The third-order valence-electron chi connectivity index (χ3n) is 3.23. The Morgan fingerprint density at radius 2 is 1.92 bits per heavy atom. The van der Waals surface area contributed by atoms with Crippen LogP contribution in [0.3, 0.4) is 0 Å². The topological polar surface area (TPSA) is 80.2 Å². The summed E-state index contributed by atoms with van der Waals surface area (Å²) in [5, 5.41) is 13.9. The fraction of sp³-hybridized carbons (Fsp3) is 0.125. The zero-order chi connectivity index (χ0) is 17.1. The molecular weight excluding hydrogens is 538 g/mol. The zero-order valence-electron chi connectivity index (χ0n) is 12.3. The first-order valence-electron chi connectivity index (χ1n) is 6.95. The van der Waals surface area contributed by atoms with Gasteiger partial charge in [0.1, 0.15) is 19.0 Å². The molecule has 24 heavy (non-hydrogen) atoms. The number of carbonyl (C=O) groups excluding carboxylic acids is 1. The third kappa shape index (κ3) is 3.91. The highest BCUT2D eigenvalue weighted by atomic mass is 127. The van der Waals surface area contributed by atoms with Crippen molar-refractivity contribution in [3.8, 4) is 17.2 Å². The molecule has 3 rings (SSSR count). The Labute approximate surface area is 165 Å². The van der Waals surface area contributed by atoms with Crippen LogP contribution < -0.4 is 14.9 Å². The first-order chi connectivity index (χ1) is 11.5. The van der Waals surface area contributed by atoms with Gasteiger partial charge in [-0.3, -0.25) is 4.79 Å². The summed E-state index contributed by atoms with van der Waals surface area (Å²) in [6.07, 6.45) is 1.41. The molecule has 2 aromatic carbocycles. The van der Waals surface area contributed by atoms with Gasteiger partial charge in [-0.1, -0.05) is 0 Å². The second-order valence-electron chi connectivity index (χ2n) is 4.88. The average molecular weight is 550 g/mol. The van der Waals surface area contributed by atoms with Gasteiger partial charge in [-0.05, 0) is 75.5 Å². The van der Waals surface area contributed by atoms with Crippen molar-refractivity contribution in [1.29, 1.82) is 0 Å². The van der Waals surface area contributed by atoms with Gasteiger partial charge in [0, 0.05) is 14.7 Å². The van der Waals surface area contributed by atoms with Gasteiger partial charge in [-0.2, -0.15) is 5.10 Å². The maximum Gasteiger partial charge on any atom is 0.271 e. The third-order valence-corrected chi connectivity index (χ3v) is 4.68. The maximum atomic E-state index is 12.2. The Balaban J connectivity index is 1.72. The molecule has 2 aromatic rings. The Kier molecular flexibility index (Phi) is 5.43. The molecule has 0 bridgehead atoms. The molecule has 0 radical (unpaired) electrons. The van der Waals surface area contributed by atoms with E-state index in [1.807, 2.05) is 28.7 Å². The van der Waals surface area contributed by atoms with Gasteiger partial charge in [0.05, 0.1) is 9.78 Å². The lowest BCUT2D eigenvalue weighted by Gasteiger charge is -2.18. The molecule has 0 saturated carbocycles. The molecule has 0 unspecified atom stereocenters. The number of fused-ring (bicyclic) bond motifs is 1. The van der Waals surface area contributed by atoms with Crippen LogP contribution in [0.5, 0.6) is 17.2 Å². The summed E-state index contributed by atoms with van der Waals surface area (Å²) in [5.41, 5.74) is 3.39. The van der Waals surface area contributed by atoms with E-state index in [1.165, 1.54) is 6.21 Å². The fourth-order valence-electron chi connectivity index (χ4n) is 2.09. The van der Waals surface area contributed by atoms with Crippen molar-refractivity contribution < 1.29 is 19.4 Å². The van der Waals surface area contributed by atoms with E-state index in [1.54, 1.807) is 24.3 Å². The smallest absolute Gasteiger partial charge is 0.271 e. The SMILES string of the molecule is O=C(NN=Cc1cc(I)cc(I)c1O)c1ccc2c(c1)OCCO2. The second kappa shape index (κ2) is 7.55. The highest BCUT2D eigenvalue weighted by Gasteiger charge is 2.14. The first kappa shape index (κ1) is 17.3. The van der Waals surface area contributed by atoms with Gasteiger partial charge in [-0.25, -0.2) is 5.43 Å². The highest BCUT2D eigenvalue weighted by Crippen LogP contribution is 2.30. The van der Waals surface area contributed by atoms with Gasteiger partial charge >= 0.3 is 0 Å². The van der Waals surface area contributed by atoms with E-state index < -0.39 is 0 Å². The Hall–Kier alpha value is -1.56. The highest BCUT2D eigenvalue weighted by molar-refractivity contribution is 14.1. The summed E-state index contributed by atoms with van der Waals surface area (Å²) in [6.45, 7) is 0.960. The van der Waals surface area contributed by atoms with E-state index in [2.05, 4.69) is 33.1 Å². The number of hydrogen-bond acceptors (Lipinski definition) is 5. The lowest BCUT2D eigenvalue weighted by molar-refractivity contribution is 0.0954. The molecule has 0 aromatic heterocycles. The number of rotatable bonds is 3. The molecule has 1 aliphatic rings. The Bertz CT molecular complexity index is 824. The van der Waals surface area contributed by atoms with E-state index >= 15 is 0 Å². The van der Waals surface area contributed by atoms with Crippen LogP contribution in [-0.4, -0.2) is 30.4 Å². The lowest BCUT2D eigenvalue weighted by atomic mass is 10.2. The van der Waals surface area contributed by atoms with Gasteiger partial charge in [0.2, 0.25) is 0 Å². The minimum absolute atomic E-state index is 0.133. The van der Waals surface area contributed by atoms with Crippen molar-refractivity contribution in [2.45, 2.75) is 0 Å². The van der Waals surface area contributed by atoms with Crippen LogP contribution >= 0.6 is 45.2 Å². The Morgan fingerprint density at radius 1 is 1.17 bits per heavy atom. The summed E-state index contributed by atoms with van der Waals surface area (Å²) >= 11 is 4.19. The van der Waals surface area contributed by atoms with Crippen molar-refractivity contribution in [3.05, 3.63) is 48.6 Å². The van der Waals surface area contributed by atoms with Crippen LogP contribution in [0.1, 0.15) is 15.9 Å². The minimum atomic E-state index is -0.372. The van der Waals surface area contributed by atoms with Crippen molar-refractivity contribution in [2.24, 2.45) is 5.10 Å². The molecule has 1 aliphatic heterocycles. The number of nitrogens with zero attached hydrogens (tertiary/aromatic N) is 1. The molecule has 0 aliphatic carbocycles. The number of halogens is 2. The van der Waals surface area contributed by atoms with Gasteiger partial charge < -0.3 is 14.6 Å². The van der Waals surface area contributed by atoms with Crippen molar-refractivity contribution in [1.82, 2.24) is 5.43 Å². The number of hydrazone groups is 1. The van der Waals surface area contributed by atoms with Gasteiger partial charge in [0.25, 0.3) is 5.91 Å². The van der Waals surface area contributed by atoms with Crippen LogP contribution in [-0.2, 0) is 0 Å². The molecule has 1 amide bonds. The molecule has 0 atom stereocenters. The number of phenols is 1. The minimum Gasteiger partial charge on any atom is -0.506 e. The maximum absolute atomic E-state index is 12.2. The summed E-state index contributed by atoms with van der Waals surface area (Å²) in [6, 6.07) is 8.58. The van der Waals surface area contributed by atoms with Crippen molar-refractivity contribution >= 4 is 57.3 Å². The van der Waals surface area contributed by atoms with E-state index in [-0.39, 0.29) is 11.7 Å². The number of aromatic hydroxyl groups is 1. The molecule has 8 heteroatoms. The van der Waals surface area contributed by atoms with Crippen LogP contribution in [0, 0.1) is 7.14 Å². The van der Waals surface area contributed by atoms with Crippen LogP contribution in [0.25, 0.3) is 0 Å². The molecule has 0 spiro atoms. The second-order valence-corrected chi connectivity index (χ2v) is 7.29. The van der Waals surface area contributed by atoms with Crippen molar-refractivity contribution in [3.63, 3.8) is 0 Å².